The number of hydrogen-bond acceptors (Lipinski definition) is 3. The Kier molecular flexibility index (Phi) is 6.10. The molecule has 2 aromatic rings. The molecule has 2 aromatic heterocycles. The third kappa shape index (κ3) is 5.23. The lowest BCUT2D eigenvalue weighted by Crippen LogP contribution is -2.13. The number of nitrogens with one attached hydrogen (secondary N) is 1. The fourth-order valence-corrected chi connectivity index (χ4v) is 1.91. The van der Waals surface area contributed by atoms with E-state index < -0.39 is 41.8 Å². The number of aromatic nitrogens is 4. The Balaban J connectivity index is 0.000000263. The Morgan fingerprint density at radius 3 is 1.92 bits per heavy atom. The summed E-state index contributed by atoms with van der Waals surface area (Å²) in [5, 5.41) is 5.14. The maximum atomic E-state index is 12.1. The second-order valence-electron chi connectivity index (χ2n) is 4.84. The second-order valence-corrected chi connectivity index (χ2v) is 4.84. The fraction of sp³-hybridized carbons (Fsp3) is 0.500. The zero-order valence-electron chi connectivity index (χ0n) is 13.3. The molecule has 26 heavy (non-hydrogen) atoms. The first-order valence-corrected chi connectivity index (χ1v) is 6.53. The van der Waals surface area contributed by atoms with Crippen molar-refractivity contribution in [2.45, 2.75) is 25.9 Å². The molecule has 0 atom stereocenters. The highest BCUT2D eigenvalue weighted by Gasteiger charge is 2.37. The number of halogens is 8. The van der Waals surface area contributed by atoms with Crippen LogP contribution in [0.5, 0.6) is 5.88 Å². The third-order valence-corrected chi connectivity index (χ3v) is 2.93. The number of ether oxygens (including phenoxy) is 1. The lowest BCUT2D eigenvalue weighted by atomic mass is 10.2. The summed E-state index contributed by atoms with van der Waals surface area (Å²) in [6, 6.07) is 0.409. The number of nitrogens with zero attached hydrogens (tertiary/aromatic N) is 3. The zero-order chi connectivity index (χ0) is 20.4. The van der Waals surface area contributed by atoms with Gasteiger partial charge in [0.1, 0.15) is 11.4 Å². The molecule has 0 aliphatic rings. The first kappa shape index (κ1) is 21.5. The van der Waals surface area contributed by atoms with Crippen LogP contribution in [-0.4, -0.2) is 26.2 Å². The van der Waals surface area contributed by atoms with Gasteiger partial charge in [0.25, 0.3) is 5.56 Å². The van der Waals surface area contributed by atoms with Crippen LogP contribution in [0.1, 0.15) is 17.0 Å². The highest BCUT2D eigenvalue weighted by atomic mass is 19.4. The van der Waals surface area contributed by atoms with Crippen molar-refractivity contribution in [1.29, 1.82) is 0 Å². The number of H-pyrrole nitrogens is 1. The van der Waals surface area contributed by atoms with E-state index in [0.29, 0.717) is 15.4 Å². The average Bonchev–Trinajstić information content (AvgIpc) is 2.88. The molecule has 0 aliphatic carbocycles. The number of aromatic amines is 1. The number of hydrogen-bond donors (Lipinski definition) is 1. The van der Waals surface area contributed by atoms with E-state index in [9.17, 15) is 39.9 Å². The summed E-state index contributed by atoms with van der Waals surface area (Å²) in [4.78, 5) is 10.7. The lowest BCUT2D eigenvalue weighted by Gasteiger charge is -2.07. The summed E-state index contributed by atoms with van der Waals surface area (Å²) >= 11 is 0. The minimum absolute atomic E-state index is 0.301. The van der Waals surface area contributed by atoms with Crippen molar-refractivity contribution < 1.29 is 39.9 Å². The van der Waals surface area contributed by atoms with Crippen LogP contribution in [0.25, 0.3) is 0 Å². The van der Waals surface area contributed by atoms with Crippen LogP contribution in [-0.2, 0) is 26.4 Å². The number of rotatable bonds is 2. The first-order valence-electron chi connectivity index (χ1n) is 6.53. The van der Waals surface area contributed by atoms with Gasteiger partial charge in [0, 0.05) is 25.7 Å². The molecule has 0 unspecified atom stereocenters. The molecule has 0 radical (unpaired) electrons. The van der Waals surface area contributed by atoms with Crippen LogP contribution in [0.2, 0.25) is 0 Å². The van der Waals surface area contributed by atoms with Gasteiger partial charge in [0.15, 0.2) is 0 Å². The SMILES string of the molecule is Cc1c(C(F)(F)F)n(C)[nH]c1=O.Cn1nc(OC(F)F)cc1C(F)(F)F. The Bertz CT molecular complexity index is 800. The molecular formula is C12H12F8N4O2. The Hall–Kier alpha value is -2.54. The summed E-state index contributed by atoms with van der Waals surface area (Å²) in [6.07, 6.45) is -9.11. The third-order valence-electron chi connectivity index (χ3n) is 2.93. The molecule has 0 saturated heterocycles. The summed E-state index contributed by atoms with van der Waals surface area (Å²) in [5.41, 5.74) is -3.07. The molecule has 0 saturated carbocycles. The molecule has 2 heterocycles. The van der Waals surface area contributed by atoms with Crippen molar-refractivity contribution in [2.75, 3.05) is 0 Å². The van der Waals surface area contributed by atoms with E-state index >= 15 is 0 Å². The van der Waals surface area contributed by atoms with Crippen LogP contribution >= 0.6 is 0 Å². The summed E-state index contributed by atoms with van der Waals surface area (Å²) in [6.45, 7) is -2.05. The van der Waals surface area contributed by atoms with Crippen LogP contribution in [0.15, 0.2) is 10.9 Å². The minimum Gasteiger partial charge on any atom is -0.415 e. The van der Waals surface area contributed by atoms with Crippen molar-refractivity contribution in [1.82, 2.24) is 19.6 Å². The van der Waals surface area contributed by atoms with Crippen LogP contribution in [0.4, 0.5) is 35.1 Å². The predicted octanol–water partition coefficient (Wildman–Crippen LogP) is 3.08. The Morgan fingerprint density at radius 2 is 1.65 bits per heavy atom. The highest BCUT2D eigenvalue weighted by Crippen LogP contribution is 2.31. The topological polar surface area (TPSA) is 64.8 Å². The average molecular weight is 396 g/mol. The van der Waals surface area contributed by atoms with Crippen molar-refractivity contribution >= 4 is 0 Å². The van der Waals surface area contributed by atoms with Crippen LogP contribution < -0.4 is 10.3 Å². The molecule has 14 heteroatoms. The summed E-state index contributed by atoms with van der Waals surface area (Å²) < 4.78 is 101. The van der Waals surface area contributed by atoms with E-state index in [0.717, 1.165) is 21.0 Å². The van der Waals surface area contributed by atoms with Gasteiger partial charge in [-0.05, 0) is 6.92 Å². The molecule has 148 valence electrons. The lowest BCUT2D eigenvalue weighted by molar-refractivity contribution is -0.144. The number of alkyl halides is 8. The van der Waals surface area contributed by atoms with E-state index in [1.54, 1.807) is 0 Å². The van der Waals surface area contributed by atoms with Crippen LogP contribution in [0.3, 0.4) is 0 Å². The Labute approximate surface area is 139 Å². The van der Waals surface area contributed by atoms with Gasteiger partial charge in [-0.15, -0.1) is 5.10 Å². The maximum absolute atomic E-state index is 12.1. The maximum Gasteiger partial charge on any atom is 0.433 e. The summed E-state index contributed by atoms with van der Waals surface area (Å²) in [7, 11) is 2.14. The predicted molar refractivity (Wildman–Crippen MR) is 70.6 cm³/mol. The smallest absolute Gasteiger partial charge is 0.415 e. The van der Waals surface area contributed by atoms with Crippen molar-refractivity contribution in [3.05, 3.63) is 33.4 Å². The van der Waals surface area contributed by atoms with Gasteiger partial charge < -0.3 is 4.74 Å². The molecule has 0 amide bonds. The monoisotopic (exact) mass is 396 g/mol. The van der Waals surface area contributed by atoms with Gasteiger partial charge in [0.05, 0.1) is 0 Å². The largest absolute Gasteiger partial charge is 0.433 e. The zero-order valence-corrected chi connectivity index (χ0v) is 13.3. The molecule has 6 nitrogen and oxygen atoms in total. The minimum atomic E-state index is -4.63. The van der Waals surface area contributed by atoms with Crippen molar-refractivity contribution in [2.24, 2.45) is 14.1 Å². The Morgan fingerprint density at radius 1 is 1.12 bits per heavy atom. The molecular weight excluding hydrogens is 384 g/mol. The van der Waals surface area contributed by atoms with Gasteiger partial charge in [-0.1, -0.05) is 0 Å². The molecule has 1 N–H and O–H groups in total. The molecule has 0 spiro atoms. The molecule has 0 aliphatic heterocycles. The van der Waals surface area contributed by atoms with E-state index in [1.165, 1.54) is 0 Å². The quantitative estimate of drug-likeness (QED) is 0.794. The van der Waals surface area contributed by atoms with E-state index in [2.05, 4.69) is 9.84 Å². The normalized spacial score (nSPS) is 12.2. The van der Waals surface area contributed by atoms with Crippen LogP contribution in [0, 0.1) is 6.92 Å². The van der Waals surface area contributed by atoms with Gasteiger partial charge in [-0.2, -0.15) is 35.1 Å². The number of aryl methyl sites for hydroxylation is 2. The first-order chi connectivity index (χ1) is 11.6. The molecule has 0 aromatic carbocycles. The molecule has 2 rings (SSSR count). The van der Waals surface area contributed by atoms with Gasteiger partial charge in [-0.25, -0.2) is 0 Å². The second kappa shape index (κ2) is 7.37. The summed E-state index contributed by atoms with van der Waals surface area (Å²) in [5.74, 6) is -0.755. The van der Waals surface area contributed by atoms with Crippen molar-refractivity contribution in [3.63, 3.8) is 0 Å². The van der Waals surface area contributed by atoms with Gasteiger partial charge in [0.2, 0.25) is 5.88 Å². The molecule has 0 fully saturated rings. The van der Waals surface area contributed by atoms with Gasteiger partial charge in [-0.3, -0.25) is 19.3 Å². The standard InChI is InChI=1S/C6H5F5N2O.C6H7F3N2O/c1-13-3(6(9,10)11)2-4(12-13)14-5(7)8;1-3-4(6(7,8)9)11(2)10-5(3)12/h2,5H,1H3;1-2H3,(H,10,12). The van der Waals surface area contributed by atoms with E-state index in [4.69, 9.17) is 0 Å². The van der Waals surface area contributed by atoms with E-state index in [-0.39, 0.29) is 5.56 Å². The highest BCUT2D eigenvalue weighted by molar-refractivity contribution is 5.19. The van der Waals surface area contributed by atoms with E-state index in [1.807, 2.05) is 5.10 Å². The van der Waals surface area contributed by atoms with Crippen molar-refractivity contribution in [3.8, 4) is 5.88 Å². The fourth-order valence-electron chi connectivity index (χ4n) is 1.91. The van der Waals surface area contributed by atoms with Gasteiger partial charge >= 0.3 is 19.0 Å². The molecule has 0 bridgehead atoms.